The van der Waals surface area contributed by atoms with Crippen molar-refractivity contribution >= 4 is 5.91 Å². The maximum absolute atomic E-state index is 12.2. The van der Waals surface area contributed by atoms with E-state index in [0.29, 0.717) is 12.1 Å². The number of amides is 1. The molecule has 0 aliphatic carbocycles. The summed E-state index contributed by atoms with van der Waals surface area (Å²) in [6.45, 7) is 9.08. The van der Waals surface area contributed by atoms with Crippen molar-refractivity contribution in [1.29, 1.82) is 0 Å². The Bertz CT molecular complexity index is 452. The molecule has 20 heavy (non-hydrogen) atoms. The van der Waals surface area contributed by atoms with Crippen LogP contribution in [0.25, 0.3) is 0 Å². The number of benzene rings is 1. The highest BCUT2D eigenvalue weighted by Crippen LogP contribution is 2.23. The second kappa shape index (κ2) is 7.32. The molecular formula is C17H27NO2. The molecule has 0 heterocycles. The van der Waals surface area contributed by atoms with Crippen LogP contribution in [0.3, 0.4) is 0 Å². The van der Waals surface area contributed by atoms with E-state index in [4.69, 9.17) is 0 Å². The van der Waals surface area contributed by atoms with Gasteiger partial charge in [0.05, 0.1) is 0 Å². The lowest BCUT2D eigenvalue weighted by molar-refractivity contribution is 0.0933. The zero-order valence-corrected chi connectivity index (χ0v) is 13.1. The van der Waals surface area contributed by atoms with Crippen LogP contribution < -0.4 is 5.32 Å². The molecule has 0 aliphatic heterocycles. The van der Waals surface area contributed by atoms with Crippen LogP contribution in [0.15, 0.2) is 18.2 Å². The number of unbranched alkanes of at least 4 members (excludes halogenated alkanes) is 2. The van der Waals surface area contributed by atoms with Crippen molar-refractivity contribution < 1.29 is 9.90 Å². The molecule has 112 valence electrons. The standard InChI is InChI=1S/C17H27NO2/c1-5-6-7-10-17(3,4)12-18-16(20)15-9-8-14(19)11-13(15)2/h8-9,11,19H,5-7,10,12H2,1-4H3,(H,18,20). The summed E-state index contributed by atoms with van der Waals surface area (Å²) < 4.78 is 0. The van der Waals surface area contributed by atoms with Crippen molar-refractivity contribution in [3.63, 3.8) is 0 Å². The van der Waals surface area contributed by atoms with Crippen LogP contribution in [0.5, 0.6) is 5.75 Å². The number of hydrogen-bond acceptors (Lipinski definition) is 2. The third-order valence-electron chi connectivity index (χ3n) is 3.64. The van der Waals surface area contributed by atoms with Crippen molar-refractivity contribution in [2.45, 2.75) is 53.4 Å². The molecule has 0 saturated carbocycles. The molecule has 3 heteroatoms. The van der Waals surface area contributed by atoms with E-state index in [0.717, 1.165) is 12.0 Å². The van der Waals surface area contributed by atoms with Gasteiger partial charge in [0, 0.05) is 12.1 Å². The molecule has 0 aliphatic rings. The Morgan fingerprint density at radius 3 is 2.60 bits per heavy atom. The first-order valence-electron chi connectivity index (χ1n) is 7.43. The zero-order chi connectivity index (χ0) is 15.2. The number of hydrogen-bond donors (Lipinski definition) is 2. The molecule has 0 aromatic heterocycles. The van der Waals surface area contributed by atoms with E-state index in [1.165, 1.54) is 19.3 Å². The summed E-state index contributed by atoms with van der Waals surface area (Å²) in [5, 5.41) is 12.4. The van der Waals surface area contributed by atoms with E-state index in [2.05, 4.69) is 26.1 Å². The van der Waals surface area contributed by atoms with Gasteiger partial charge >= 0.3 is 0 Å². The highest BCUT2D eigenvalue weighted by molar-refractivity contribution is 5.95. The Morgan fingerprint density at radius 2 is 2.00 bits per heavy atom. The smallest absolute Gasteiger partial charge is 0.251 e. The number of phenols is 1. The molecule has 1 aromatic carbocycles. The molecule has 0 radical (unpaired) electrons. The molecule has 0 saturated heterocycles. The summed E-state index contributed by atoms with van der Waals surface area (Å²) in [5.41, 5.74) is 1.55. The van der Waals surface area contributed by atoms with Gasteiger partial charge in [0.1, 0.15) is 5.75 Å². The quantitative estimate of drug-likeness (QED) is 0.739. The number of nitrogens with one attached hydrogen (secondary N) is 1. The zero-order valence-electron chi connectivity index (χ0n) is 13.1. The number of carbonyl (C=O) groups excluding carboxylic acids is 1. The number of aryl methyl sites for hydroxylation is 1. The van der Waals surface area contributed by atoms with Crippen molar-refractivity contribution in [1.82, 2.24) is 5.32 Å². The molecule has 1 rings (SSSR count). The fraction of sp³-hybridized carbons (Fsp3) is 0.588. The number of phenolic OH excluding ortho intramolecular Hbond substituents is 1. The van der Waals surface area contributed by atoms with Gasteiger partial charge in [-0.1, -0.05) is 40.0 Å². The number of aromatic hydroxyl groups is 1. The first-order chi connectivity index (χ1) is 9.35. The molecule has 1 aromatic rings. The summed E-state index contributed by atoms with van der Waals surface area (Å²) in [4.78, 5) is 12.2. The van der Waals surface area contributed by atoms with Crippen LogP contribution in [0.1, 0.15) is 62.4 Å². The molecule has 0 unspecified atom stereocenters. The van der Waals surface area contributed by atoms with Crippen molar-refractivity contribution in [2.75, 3.05) is 6.54 Å². The Morgan fingerprint density at radius 1 is 1.30 bits per heavy atom. The van der Waals surface area contributed by atoms with E-state index in [9.17, 15) is 9.90 Å². The van der Waals surface area contributed by atoms with E-state index >= 15 is 0 Å². The molecule has 0 spiro atoms. The second-order valence-electron chi connectivity index (χ2n) is 6.30. The Hall–Kier alpha value is -1.51. The first-order valence-corrected chi connectivity index (χ1v) is 7.43. The summed E-state index contributed by atoms with van der Waals surface area (Å²) >= 11 is 0. The van der Waals surface area contributed by atoms with E-state index in [1.54, 1.807) is 18.2 Å². The van der Waals surface area contributed by atoms with Gasteiger partial charge in [-0.05, 0) is 42.5 Å². The molecule has 3 nitrogen and oxygen atoms in total. The third-order valence-corrected chi connectivity index (χ3v) is 3.64. The Balaban J connectivity index is 2.54. The summed E-state index contributed by atoms with van der Waals surface area (Å²) in [6, 6.07) is 4.83. The molecule has 0 fully saturated rings. The van der Waals surface area contributed by atoms with Crippen LogP contribution in [0, 0.1) is 12.3 Å². The lowest BCUT2D eigenvalue weighted by atomic mass is 9.87. The average Bonchev–Trinajstić information content (AvgIpc) is 2.36. The van der Waals surface area contributed by atoms with Crippen LogP contribution >= 0.6 is 0 Å². The minimum Gasteiger partial charge on any atom is -0.508 e. The van der Waals surface area contributed by atoms with Gasteiger partial charge in [0.15, 0.2) is 0 Å². The van der Waals surface area contributed by atoms with Crippen molar-refractivity contribution in [2.24, 2.45) is 5.41 Å². The van der Waals surface area contributed by atoms with Crippen LogP contribution in [-0.2, 0) is 0 Å². The highest BCUT2D eigenvalue weighted by atomic mass is 16.3. The topological polar surface area (TPSA) is 49.3 Å². The van der Waals surface area contributed by atoms with Gasteiger partial charge in [-0.3, -0.25) is 4.79 Å². The SMILES string of the molecule is CCCCCC(C)(C)CNC(=O)c1ccc(O)cc1C. The van der Waals surface area contributed by atoms with E-state index in [-0.39, 0.29) is 17.1 Å². The first kappa shape index (κ1) is 16.5. The maximum atomic E-state index is 12.2. The predicted octanol–water partition coefficient (Wildman–Crippen LogP) is 4.04. The highest BCUT2D eigenvalue weighted by Gasteiger charge is 2.19. The summed E-state index contributed by atoms with van der Waals surface area (Å²) in [7, 11) is 0. The fourth-order valence-electron chi connectivity index (χ4n) is 2.26. The lowest BCUT2D eigenvalue weighted by Gasteiger charge is -2.25. The predicted molar refractivity (Wildman–Crippen MR) is 83.1 cm³/mol. The van der Waals surface area contributed by atoms with Gasteiger partial charge in [-0.25, -0.2) is 0 Å². The molecular weight excluding hydrogens is 250 g/mol. The van der Waals surface area contributed by atoms with Crippen LogP contribution in [0.4, 0.5) is 0 Å². The van der Waals surface area contributed by atoms with Crippen molar-refractivity contribution in [3.05, 3.63) is 29.3 Å². The van der Waals surface area contributed by atoms with Crippen LogP contribution in [0.2, 0.25) is 0 Å². The Kier molecular flexibility index (Phi) is 6.05. The largest absolute Gasteiger partial charge is 0.508 e. The fourth-order valence-corrected chi connectivity index (χ4v) is 2.26. The normalized spacial score (nSPS) is 11.4. The molecule has 1 amide bonds. The monoisotopic (exact) mass is 277 g/mol. The van der Waals surface area contributed by atoms with Gasteiger partial charge in [0.2, 0.25) is 0 Å². The number of carbonyl (C=O) groups is 1. The lowest BCUT2D eigenvalue weighted by Crippen LogP contribution is -2.34. The molecule has 0 bridgehead atoms. The van der Waals surface area contributed by atoms with E-state index < -0.39 is 0 Å². The minimum atomic E-state index is -0.0638. The third kappa shape index (κ3) is 5.24. The van der Waals surface area contributed by atoms with E-state index in [1.807, 2.05) is 6.92 Å². The molecule has 0 atom stereocenters. The van der Waals surface area contributed by atoms with Crippen LogP contribution in [-0.4, -0.2) is 17.6 Å². The number of rotatable bonds is 7. The molecule has 2 N–H and O–H groups in total. The maximum Gasteiger partial charge on any atom is 0.251 e. The van der Waals surface area contributed by atoms with Gasteiger partial charge in [0.25, 0.3) is 5.91 Å². The summed E-state index contributed by atoms with van der Waals surface area (Å²) in [5.74, 6) is 0.130. The second-order valence-corrected chi connectivity index (χ2v) is 6.30. The minimum absolute atomic E-state index is 0.0638. The van der Waals surface area contributed by atoms with Gasteiger partial charge in [-0.2, -0.15) is 0 Å². The van der Waals surface area contributed by atoms with Crippen molar-refractivity contribution in [3.8, 4) is 5.75 Å². The van der Waals surface area contributed by atoms with Gasteiger partial charge in [-0.15, -0.1) is 0 Å². The average molecular weight is 277 g/mol. The summed E-state index contributed by atoms with van der Waals surface area (Å²) in [6.07, 6.45) is 4.79. The van der Waals surface area contributed by atoms with Gasteiger partial charge < -0.3 is 10.4 Å². The Labute approximate surface area is 122 Å².